The summed E-state index contributed by atoms with van der Waals surface area (Å²) in [6.45, 7) is 4.90. The summed E-state index contributed by atoms with van der Waals surface area (Å²) in [7, 11) is 0. The van der Waals surface area contributed by atoms with E-state index in [0.717, 1.165) is 72.6 Å². The van der Waals surface area contributed by atoms with Gasteiger partial charge in [-0.3, -0.25) is 9.69 Å². The number of anilines is 2. The largest absolute Gasteiger partial charge is 0.369 e. The van der Waals surface area contributed by atoms with Crippen LogP contribution < -0.4 is 10.2 Å². The molecule has 31 heavy (non-hydrogen) atoms. The summed E-state index contributed by atoms with van der Waals surface area (Å²) in [5, 5.41) is 5.39. The predicted molar refractivity (Wildman–Crippen MR) is 127 cm³/mol. The van der Waals surface area contributed by atoms with Crippen LogP contribution in [-0.4, -0.2) is 48.8 Å². The Morgan fingerprint density at radius 3 is 2.55 bits per heavy atom. The van der Waals surface area contributed by atoms with Crippen molar-refractivity contribution in [2.45, 2.75) is 23.0 Å². The molecule has 1 fully saturated rings. The molecule has 1 atom stereocenters. The number of benzene rings is 3. The van der Waals surface area contributed by atoms with Gasteiger partial charge in [-0.25, -0.2) is 4.39 Å². The van der Waals surface area contributed by atoms with Crippen molar-refractivity contribution in [3.05, 3.63) is 66.5 Å². The average molecular weight is 436 g/mol. The fourth-order valence-corrected chi connectivity index (χ4v) is 5.64. The summed E-state index contributed by atoms with van der Waals surface area (Å²) in [6, 6.07) is 19.2. The normalized spacial score (nSPS) is 19.3. The molecule has 5 rings (SSSR count). The highest BCUT2D eigenvalue weighted by molar-refractivity contribution is 8.01. The van der Waals surface area contributed by atoms with Gasteiger partial charge in [0.2, 0.25) is 5.91 Å². The van der Waals surface area contributed by atoms with Gasteiger partial charge >= 0.3 is 0 Å². The minimum Gasteiger partial charge on any atom is -0.369 e. The number of carbonyl (C=O) groups is 1. The Bertz CT molecular complexity index is 1080. The number of piperazine rings is 1. The molecule has 2 aliphatic rings. The van der Waals surface area contributed by atoms with E-state index in [0.29, 0.717) is 0 Å². The van der Waals surface area contributed by atoms with Crippen LogP contribution in [0.25, 0.3) is 10.8 Å². The lowest BCUT2D eigenvalue weighted by atomic mass is 10.1. The highest BCUT2D eigenvalue weighted by atomic mass is 32.2. The van der Waals surface area contributed by atoms with Crippen molar-refractivity contribution in [2.24, 2.45) is 0 Å². The number of rotatable bonds is 5. The molecule has 2 heterocycles. The minimum atomic E-state index is -0.192. The van der Waals surface area contributed by atoms with Crippen molar-refractivity contribution in [1.82, 2.24) is 4.90 Å². The summed E-state index contributed by atoms with van der Waals surface area (Å²) in [5.74, 6) is -0.0715. The van der Waals surface area contributed by atoms with Crippen LogP contribution in [0, 0.1) is 5.82 Å². The zero-order chi connectivity index (χ0) is 21.2. The highest BCUT2D eigenvalue weighted by Crippen LogP contribution is 2.41. The molecule has 0 spiro atoms. The zero-order valence-electron chi connectivity index (χ0n) is 17.4. The molecule has 4 nitrogen and oxygen atoms in total. The number of halogens is 1. The van der Waals surface area contributed by atoms with Gasteiger partial charge in [-0.15, -0.1) is 11.8 Å². The van der Waals surface area contributed by atoms with E-state index in [9.17, 15) is 9.18 Å². The predicted octanol–water partition coefficient (Wildman–Crippen LogP) is 4.99. The Morgan fingerprint density at radius 1 is 0.968 bits per heavy atom. The average Bonchev–Trinajstić information content (AvgIpc) is 2.80. The SMILES string of the molecule is O=C1Nc2c(ccc3ccccc23)SC1CCCN1CCN(c2ccc(F)cc2)CC1. The van der Waals surface area contributed by atoms with Crippen molar-refractivity contribution in [1.29, 1.82) is 0 Å². The van der Waals surface area contributed by atoms with Crippen LogP contribution in [0.5, 0.6) is 0 Å². The van der Waals surface area contributed by atoms with Crippen LogP contribution in [0.2, 0.25) is 0 Å². The molecule has 3 aromatic carbocycles. The highest BCUT2D eigenvalue weighted by Gasteiger charge is 2.28. The smallest absolute Gasteiger partial charge is 0.237 e. The first-order valence-electron chi connectivity index (χ1n) is 10.9. The Labute approximate surface area is 186 Å². The molecule has 1 unspecified atom stereocenters. The summed E-state index contributed by atoms with van der Waals surface area (Å²) >= 11 is 1.70. The lowest BCUT2D eigenvalue weighted by molar-refractivity contribution is -0.115. The quantitative estimate of drug-likeness (QED) is 0.612. The number of hydrogen-bond acceptors (Lipinski definition) is 4. The molecule has 0 aromatic heterocycles. The molecule has 1 N–H and O–H groups in total. The van der Waals surface area contributed by atoms with Gasteiger partial charge < -0.3 is 10.2 Å². The first kappa shape index (κ1) is 20.3. The standard InChI is InChI=1S/C25H26FN3OS/c26-19-8-10-20(11-9-19)29-16-14-28(15-17-29)13-3-6-23-25(30)27-24-21-5-2-1-4-18(21)7-12-22(24)31-23/h1-2,4-5,7-12,23H,3,6,13-17H2,(H,27,30). The number of thioether (sulfide) groups is 1. The van der Waals surface area contributed by atoms with Crippen LogP contribution in [-0.2, 0) is 4.79 Å². The number of amides is 1. The molecule has 2 aliphatic heterocycles. The second-order valence-electron chi connectivity index (χ2n) is 8.20. The van der Waals surface area contributed by atoms with Gasteiger partial charge in [-0.1, -0.05) is 30.3 Å². The summed E-state index contributed by atoms with van der Waals surface area (Å²) in [6.07, 6.45) is 1.88. The molecule has 1 saturated heterocycles. The van der Waals surface area contributed by atoms with Gasteiger partial charge in [0, 0.05) is 42.1 Å². The van der Waals surface area contributed by atoms with Crippen molar-refractivity contribution >= 4 is 39.8 Å². The van der Waals surface area contributed by atoms with E-state index in [1.165, 1.54) is 12.1 Å². The number of fused-ring (bicyclic) bond motifs is 3. The maximum atomic E-state index is 13.1. The topological polar surface area (TPSA) is 35.6 Å². The molecule has 6 heteroatoms. The van der Waals surface area contributed by atoms with Crippen LogP contribution in [0.3, 0.4) is 0 Å². The van der Waals surface area contributed by atoms with E-state index in [1.54, 1.807) is 11.8 Å². The number of nitrogens with one attached hydrogen (secondary N) is 1. The van der Waals surface area contributed by atoms with E-state index in [4.69, 9.17) is 0 Å². The van der Waals surface area contributed by atoms with Crippen molar-refractivity contribution < 1.29 is 9.18 Å². The number of carbonyl (C=O) groups excluding carboxylic acids is 1. The second kappa shape index (κ2) is 8.89. The van der Waals surface area contributed by atoms with E-state index < -0.39 is 0 Å². The molecular formula is C25H26FN3OS. The van der Waals surface area contributed by atoms with Crippen LogP contribution >= 0.6 is 11.8 Å². The Hall–Kier alpha value is -2.57. The first-order valence-corrected chi connectivity index (χ1v) is 11.8. The second-order valence-corrected chi connectivity index (χ2v) is 9.45. The lowest BCUT2D eigenvalue weighted by Gasteiger charge is -2.36. The molecule has 0 saturated carbocycles. The molecule has 0 radical (unpaired) electrons. The summed E-state index contributed by atoms with van der Waals surface area (Å²) < 4.78 is 13.1. The first-order chi connectivity index (χ1) is 15.2. The minimum absolute atomic E-state index is 0.0332. The fraction of sp³-hybridized carbons (Fsp3) is 0.320. The van der Waals surface area contributed by atoms with E-state index in [1.807, 2.05) is 24.3 Å². The third-order valence-electron chi connectivity index (χ3n) is 6.21. The summed E-state index contributed by atoms with van der Waals surface area (Å²) in [5.41, 5.74) is 2.05. The van der Waals surface area contributed by atoms with E-state index in [-0.39, 0.29) is 17.0 Å². The van der Waals surface area contributed by atoms with Gasteiger partial charge in [0.05, 0.1) is 10.9 Å². The van der Waals surface area contributed by atoms with Crippen molar-refractivity contribution in [2.75, 3.05) is 42.9 Å². The fourth-order valence-electron chi connectivity index (χ4n) is 4.46. The third-order valence-corrected chi connectivity index (χ3v) is 7.53. The van der Waals surface area contributed by atoms with Gasteiger partial charge in [0.1, 0.15) is 5.82 Å². The lowest BCUT2D eigenvalue weighted by Crippen LogP contribution is -2.46. The molecule has 3 aromatic rings. The van der Waals surface area contributed by atoms with Crippen LogP contribution in [0.4, 0.5) is 15.8 Å². The third kappa shape index (κ3) is 4.41. The van der Waals surface area contributed by atoms with Gasteiger partial charge in [-0.2, -0.15) is 0 Å². The maximum absolute atomic E-state index is 13.1. The zero-order valence-corrected chi connectivity index (χ0v) is 18.2. The van der Waals surface area contributed by atoms with Crippen LogP contribution in [0.15, 0.2) is 65.6 Å². The van der Waals surface area contributed by atoms with E-state index >= 15 is 0 Å². The Morgan fingerprint density at radius 2 is 1.74 bits per heavy atom. The van der Waals surface area contributed by atoms with E-state index in [2.05, 4.69) is 39.4 Å². The maximum Gasteiger partial charge on any atom is 0.237 e. The monoisotopic (exact) mass is 435 g/mol. The van der Waals surface area contributed by atoms with Crippen molar-refractivity contribution in [3.8, 4) is 0 Å². The van der Waals surface area contributed by atoms with Gasteiger partial charge in [0.15, 0.2) is 0 Å². The molecule has 0 aliphatic carbocycles. The Kier molecular flexibility index (Phi) is 5.83. The molecule has 1 amide bonds. The molecular weight excluding hydrogens is 409 g/mol. The van der Waals surface area contributed by atoms with Crippen LogP contribution in [0.1, 0.15) is 12.8 Å². The molecule has 0 bridgehead atoms. The van der Waals surface area contributed by atoms with Crippen molar-refractivity contribution in [3.63, 3.8) is 0 Å². The number of nitrogens with zero attached hydrogens (tertiary/aromatic N) is 2. The Balaban J connectivity index is 1.13. The molecule has 160 valence electrons. The van der Waals surface area contributed by atoms with Gasteiger partial charge in [-0.05, 0) is 55.1 Å². The number of hydrogen-bond donors (Lipinski definition) is 1. The van der Waals surface area contributed by atoms with Gasteiger partial charge in [0.25, 0.3) is 0 Å². The summed E-state index contributed by atoms with van der Waals surface area (Å²) in [4.78, 5) is 18.7.